The summed E-state index contributed by atoms with van der Waals surface area (Å²) in [5.74, 6) is 0.231. The number of Topliss-reactive ketones (excluding diaryl/α,β-unsaturated/α-hetero) is 2. The fraction of sp³-hybridized carbons (Fsp3) is 0.674. The zero-order valence-corrected chi connectivity index (χ0v) is 37.1. The molecule has 10 heteroatoms. The molecule has 3 N–H and O–H groups in total. The number of benzene rings is 1. The van der Waals surface area contributed by atoms with Crippen molar-refractivity contribution in [1.82, 2.24) is 20.9 Å². The van der Waals surface area contributed by atoms with Gasteiger partial charge < -0.3 is 25.6 Å². The Morgan fingerprint density at radius 1 is 1.00 bits per heavy atom. The normalized spacial score (nSPS) is 20.3. The first-order valence-corrected chi connectivity index (χ1v) is 20.9. The van der Waals surface area contributed by atoms with Crippen LogP contribution in [0.3, 0.4) is 0 Å². The van der Waals surface area contributed by atoms with Crippen LogP contribution in [-0.2, 0) is 36.8 Å². The lowest BCUT2D eigenvalue weighted by molar-refractivity contribution is -0.144. The molecule has 10 nitrogen and oxygen atoms in total. The van der Waals surface area contributed by atoms with E-state index in [9.17, 15) is 24.0 Å². The average molecular weight is 781 g/mol. The maximum atomic E-state index is 14.2. The molecule has 1 saturated heterocycles. The van der Waals surface area contributed by atoms with Crippen molar-refractivity contribution in [2.24, 2.45) is 34.5 Å². The Labute approximate surface area is 339 Å². The number of amides is 3. The summed E-state index contributed by atoms with van der Waals surface area (Å²) in [6.45, 7) is 34.0. The second kappa shape index (κ2) is 23.4. The lowest BCUT2D eigenvalue weighted by Crippen LogP contribution is -2.59. The molecule has 4 unspecified atom stereocenters. The topological polar surface area (TPSA) is 134 Å². The predicted molar refractivity (Wildman–Crippen MR) is 228 cm³/mol. The van der Waals surface area contributed by atoms with Gasteiger partial charge in [-0.05, 0) is 97.3 Å². The molecule has 1 aromatic rings. The van der Waals surface area contributed by atoms with Gasteiger partial charge in [-0.1, -0.05) is 120 Å². The molecule has 1 heterocycles. The van der Waals surface area contributed by atoms with E-state index in [-0.39, 0.29) is 53.8 Å². The first-order valence-electron chi connectivity index (χ1n) is 20.9. The first-order chi connectivity index (χ1) is 26.3. The highest BCUT2D eigenvalue weighted by molar-refractivity contribution is 5.94. The van der Waals surface area contributed by atoms with E-state index in [0.717, 1.165) is 24.8 Å². The number of likely N-dealkylation sites (tertiary alicyclic amines) is 1. The Hall–Kier alpha value is -3.79. The van der Waals surface area contributed by atoms with Crippen molar-refractivity contribution in [3.05, 3.63) is 60.2 Å². The Bertz CT molecular complexity index is 1450. The number of nitrogens with zero attached hydrogens (tertiary/aromatic N) is 1. The summed E-state index contributed by atoms with van der Waals surface area (Å²) >= 11 is 0. The molecule has 0 spiro atoms. The minimum atomic E-state index is -0.785. The molecule has 3 aliphatic rings. The van der Waals surface area contributed by atoms with Gasteiger partial charge in [0.2, 0.25) is 5.91 Å². The summed E-state index contributed by atoms with van der Waals surface area (Å²) in [7, 11) is 0. The van der Waals surface area contributed by atoms with E-state index in [1.54, 1.807) is 18.7 Å². The number of urea groups is 1. The number of carbonyl (C=O) groups excluding carboxylic acids is 5. The highest BCUT2D eigenvalue weighted by Gasteiger charge is 2.69. The van der Waals surface area contributed by atoms with Crippen LogP contribution in [0.25, 0.3) is 0 Å². The highest BCUT2D eigenvalue weighted by Crippen LogP contribution is 2.65. The second-order valence-electron chi connectivity index (χ2n) is 16.9. The summed E-state index contributed by atoms with van der Waals surface area (Å²) in [6, 6.07) is 5.92. The van der Waals surface area contributed by atoms with Gasteiger partial charge in [0.05, 0.1) is 18.6 Å². The summed E-state index contributed by atoms with van der Waals surface area (Å²) in [5, 5.41) is 8.91. The Morgan fingerprint density at radius 2 is 1.55 bits per heavy atom. The van der Waals surface area contributed by atoms with Crippen molar-refractivity contribution in [3.63, 3.8) is 0 Å². The number of rotatable bonds is 15. The molecule has 316 valence electrons. The van der Waals surface area contributed by atoms with Crippen LogP contribution in [0.2, 0.25) is 0 Å². The van der Waals surface area contributed by atoms with Crippen LogP contribution < -0.4 is 16.0 Å². The van der Waals surface area contributed by atoms with Gasteiger partial charge in [-0.3, -0.25) is 19.2 Å². The van der Waals surface area contributed by atoms with Crippen molar-refractivity contribution < 1.29 is 28.7 Å². The number of carbonyl (C=O) groups is 5. The molecule has 1 saturated carbocycles. The molecule has 3 amide bonds. The zero-order valence-electron chi connectivity index (χ0n) is 37.1. The Kier molecular flexibility index (Phi) is 21.0. The Balaban J connectivity index is 0.000000829. The van der Waals surface area contributed by atoms with Gasteiger partial charge in [-0.25, -0.2) is 4.79 Å². The number of hydrogen-bond donors (Lipinski definition) is 3. The minimum absolute atomic E-state index is 0.00323. The van der Waals surface area contributed by atoms with Gasteiger partial charge in [0.25, 0.3) is 0 Å². The molecule has 0 bridgehead atoms. The van der Waals surface area contributed by atoms with Gasteiger partial charge >= 0.3 is 12.0 Å². The smallest absolute Gasteiger partial charge is 0.319 e. The number of esters is 1. The highest BCUT2D eigenvalue weighted by atomic mass is 16.5. The van der Waals surface area contributed by atoms with Crippen molar-refractivity contribution in [1.29, 1.82) is 0 Å². The molecule has 4 rings (SSSR count). The van der Waals surface area contributed by atoms with Crippen molar-refractivity contribution >= 4 is 29.5 Å². The van der Waals surface area contributed by atoms with Crippen LogP contribution in [-0.4, -0.2) is 78.7 Å². The first kappa shape index (κ1) is 50.2. The fourth-order valence-corrected chi connectivity index (χ4v) is 7.63. The molecule has 2 aliphatic carbocycles. The van der Waals surface area contributed by atoms with Gasteiger partial charge in [0, 0.05) is 6.54 Å². The number of hydrogen-bond acceptors (Lipinski definition) is 7. The molecule has 0 radical (unpaired) electrons. The third-order valence-corrected chi connectivity index (χ3v) is 11.4. The van der Waals surface area contributed by atoms with E-state index in [1.165, 1.54) is 11.1 Å². The lowest BCUT2D eigenvalue weighted by atomic mass is 9.87. The standard InChI is InChI=1S/C31H46N4O5.C9H16O.C4H8.C2H6/c1-8-32-15-24(37)40-17-23(30(3,4)5)33-29(39)34-26(21-13-19-11-9-10-12-20(19)14-21)28(38)35-16-22-25(31(22,6)7)27(35)18(2)36;1-5-6-7(2)8(3)9(4)10;1-3-4-2;1-2/h9-12,21-23,25-27,32H,8,13-17H2,1-7H3,(H2,33,34,39);7H,3,5-6H2,1-2,4H3;3H,1,4H2,2H3;1-2H3/t22-,23?,25-,26?,27?;;;/m0.../s1. The van der Waals surface area contributed by atoms with E-state index in [2.05, 4.69) is 68.9 Å². The number of allylic oxidation sites excluding steroid dienone is 2. The van der Waals surface area contributed by atoms with Crippen molar-refractivity contribution in [2.45, 2.75) is 140 Å². The number of ketones is 2. The lowest BCUT2D eigenvalue weighted by Gasteiger charge is -2.35. The van der Waals surface area contributed by atoms with E-state index in [0.29, 0.717) is 37.8 Å². The number of fused-ring (bicyclic) bond motifs is 2. The van der Waals surface area contributed by atoms with E-state index in [4.69, 9.17) is 4.74 Å². The van der Waals surface area contributed by atoms with E-state index in [1.807, 2.05) is 66.7 Å². The van der Waals surface area contributed by atoms with Crippen LogP contribution in [0.4, 0.5) is 4.79 Å². The number of nitrogens with one attached hydrogen (secondary N) is 3. The van der Waals surface area contributed by atoms with Crippen LogP contribution in [0.15, 0.2) is 49.1 Å². The molecule has 56 heavy (non-hydrogen) atoms. The molecule has 2 fully saturated rings. The molecule has 1 aromatic carbocycles. The maximum absolute atomic E-state index is 14.2. The van der Waals surface area contributed by atoms with Gasteiger partial charge in [-0.2, -0.15) is 0 Å². The molecule has 6 atom stereocenters. The second-order valence-corrected chi connectivity index (χ2v) is 16.9. The van der Waals surface area contributed by atoms with Crippen LogP contribution in [0.5, 0.6) is 0 Å². The van der Waals surface area contributed by atoms with Crippen molar-refractivity contribution in [2.75, 3.05) is 26.2 Å². The summed E-state index contributed by atoms with van der Waals surface area (Å²) in [5.41, 5.74) is 2.77. The molecular weight excluding hydrogens is 705 g/mol. The largest absolute Gasteiger partial charge is 0.463 e. The van der Waals surface area contributed by atoms with E-state index >= 15 is 0 Å². The van der Waals surface area contributed by atoms with Crippen molar-refractivity contribution in [3.8, 4) is 0 Å². The third kappa shape index (κ3) is 14.3. The van der Waals surface area contributed by atoms with Gasteiger partial charge in [-0.15, -0.1) is 6.58 Å². The van der Waals surface area contributed by atoms with Crippen LogP contribution >= 0.6 is 0 Å². The summed E-state index contributed by atoms with van der Waals surface area (Å²) in [6.07, 6.45) is 6.49. The number of piperidine rings is 1. The molecule has 1 aliphatic heterocycles. The SMILES string of the molecule is C=C(C(C)=O)C(C)CCC.C=CCC.CC.CCNCC(=O)OCC(NC(=O)NC(C(=O)N1C[C@H]2[C@@H](C1C(C)=O)C2(C)C)C1Cc2ccccc2C1)C(C)(C)C. The quantitative estimate of drug-likeness (QED) is 0.0937. The monoisotopic (exact) mass is 781 g/mol. The van der Waals surface area contributed by atoms with Crippen LogP contribution in [0, 0.1) is 34.5 Å². The Morgan fingerprint density at radius 3 is 2.00 bits per heavy atom. The number of ether oxygens (including phenoxy) is 1. The summed E-state index contributed by atoms with van der Waals surface area (Å²) in [4.78, 5) is 64.9. The molecule has 0 aromatic heterocycles. The maximum Gasteiger partial charge on any atom is 0.319 e. The average Bonchev–Trinajstić information content (AvgIpc) is 3.51. The van der Waals surface area contributed by atoms with Gasteiger partial charge in [0.15, 0.2) is 11.6 Å². The predicted octanol–water partition coefficient (Wildman–Crippen LogP) is 7.89. The molecular formula is C46H76N4O6. The van der Waals surface area contributed by atoms with E-state index < -0.39 is 29.6 Å². The van der Waals surface area contributed by atoms with Crippen LogP contribution in [0.1, 0.15) is 120 Å². The zero-order chi connectivity index (χ0) is 43.0. The number of likely N-dealkylation sites (N-methyl/N-ethyl adjacent to an activating group) is 1. The fourth-order valence-electron chi connectivity index (χ4n) is 7.63. The van der Waals surface area contributed by atoms with Gasteiger partial charge in [0.1, 0.15) is 12.6 Å². The summed E-state index contributed by atoms with van der Waals surface area (Å²) < 4.78 is 5.43. The third-order valence-electron chi connectivity index (χ3n) is 11.4. The minimum Gasteiger partial charge on any atom is -0.463 e.